The highest BCUT2D eigenvalue weighted by atomic mass is 32.2. The lowest BCUT2D eigenvalue weighted by atomic mass is 10.0. The number of hydrogen-bond acceptors (Lipinski definition) is 4. The number of aromatic nitrogens is 2. The minimum Gasteiger partial charge on any atom is -0.345 e. The molecule has 0 saturated heterocycles. The first-order valence-corrected chi connectivity index (χ1v) is 10.1. The van der Waals surface area contributed by atoms with Crippen LogP contribution in [0.15, 0.2) is 71.9 Å². The molecule has 9 heteroatoms. The Morgan fingerprint density at radius 2 is 1.87 bits per heavy atom. The summed E-state index contributed by atoms with van der Waals surface area (Å²) in [5.41, 5.74) is 0.0972. The number of H-pyrrole nitrogens is 1. The second kappa shape index (κ2) is 7.42. The van der Waals surface area contributed by atoms with Gasteiger partial charge < -0.3 is 4.98 Å². The Balaban J connectivity index is 1.74. The quantitative estimate of drug-likeness (QED) is 0.372. The summed E-state index contributed by atoms with van der Waals surface area (Å²) in [6.45, 7) is 7.10. The third-order valence-corrected chi connectivity index (χ3v) is 5.81. The number of carbonyl (C=O) groups is 1. The number of nitrogens with zero attached hydrogens (tertiary/aromatic N) is 2. The van der Waals surface area contributed by atoms with Crippen molar-refractivity contribution < 1.29 is 17.6 Å². The van der Waals surface area contributed by atoms with Crippen molar-refractivity contribution in [3.05, 3.63) is 95.4 Å². The van der Waals surface area contributed by atoms with Crippen LogP contribution in [0.3, 0.4) is 0 Å². The number of rotatable bonds is 5. The van der Waals surface area contributed by atoms with Crippen molar-refractivity contribution in [1.82, 2.24) is 9.97 Å². The Hall–Kier alpha value is -4.03. The number of ketones is 1. The largest absolute Gasteiger partial charge is 0.345 e. The molecule has 4 rings (SSSR count). The summed E-state index contributed by atoms with van der Waals surface area (Å²) in [6, 6.07) is 12.9. The van der Waals surface area contributed by atoms with Crippen molar-refractivity contribution in [2.75, 3.05) is 4.72 Å². The normalized spacial score (nSPS) is 11.2. The van der Waals surface area contributed by atoms with Gasteiger partial charge in [-0.3, -0.25) is 14.5 Å². The standard InChI is InChI=1S/C21H13FN4O3S/c1-23-13-10-16-17(12-25-21(16)24-11-13)20(27)15-8-5-9-18(19(15)22)26-30(28,29)14-6-3-2-4-7-14/h2-12,26H,(H,24,25). The van der Waals surface area contributed by atoms with E-state index in [9.17, 15) is 13.2 Å². The van der Waals surface area contributed by atoms with Crippen molar-refractivity contribution in [3.63, 3.8) is 0 Å². The molecule has 30 heavy (non-hydrogen) atoms. The first-order chi connectivity index (χ1) is 14.4. The number of carbonyl (C=O) groups excluding carboxylic acids is 1. The van der Waals surface area contributed by atoms with Gasteiger partial charge in [0.1, 0.15) is 5.65 Å². The van der Waals surface area contributed by atoms with Crippen molar-refractivity contribution in [2.24, 2.45) is 0 Å². The maximum atomic E-state index is 15.1. The fourth-order valence-corrected chi connectivity index (χ4v) is 4.06. The van der Waals surface area contributed by atoms with E-state index in [2.05, 4.69) is 19.5 Å². The molecule has 0 atom stereocenters. The topological polar surface area (TPSA) is 96.3 Å². The van der Waals surface area contributed by atoms with E-state index >= 15 is 4.39 Å². The molecule has 7 nitrogen and oxygen atoms in total. The summed E-state index contributed by atoms with van der Waals surface area (Å²) >= 11 is 0. The highest BCUT2D eigenvalue weighted by molar-refractivity contribution is 7.92. The van der Waals surface area contributed by atoms with E-state index in [1.807, 2.05) is 0 Å². The average molecular weight is 420 g/mol. The van der Waals surface area contributed by atoms with E-state index in [-0.39, 0.29) is 27.4 Å². The number of pyridine rings is 1. The van der Waals surface area contributed by atoms with Crippen LogP contribution in [-0.2, 0) is 10.0 Å². The number of sulfonamides is 1. The van der Waals surface area contributed by atoms with Crippen molar-refractivity contribution in [1.29, 1.82) is 0 Å². The minimum atomic E-state index is -4.03. The second-order valence-corrected chi connectivity index (χ2v) is 8.00. The number of anilines is 1. The Kier molecular flexibility index (Phi) is 4.77. The summed E-state index contributed by atoms with van der Waals surface area (Å²) in [6.07, 6.45) is 2.74. The second-order valence-electron chi connectivity index (χ2n) is 6.32. The number of aromatic amines is 1. The maximum absolute atomic E-state index is 15.1. The van der Waals surface area contributed by atoms with Gasteiger partial charge in [0.2, 0.25) is 5.69 Å². The highest BCUT2D eigenvalue weighted by Gasteiger charge is 2.22. The Labute approximate surface area is 171 Å². The average Bonchev–Trinajstić information content (AvgIpc) is 3.18. The van der Waals surface area contributed by atoms with Gasteiger partial charge in [0, 0.05) is 23.3 Å². The maximum Gasteiger partial charge on any atom is 0.261 e. The van der Waals surface area contributed by atoms with Gasteiger partial charge in [0.05, 0.1) is 22.7 Å². The summed E-state index contributed by atoms with van der Waals surface area (Å²) in [4.78, 5) is 23.1. The van der Waals surface area contributed by atoms with Crippen molar-refractivity contribution >= 4 is 38.2 Å². The molecular formula is C21H13FN4O3S. The number of nitrogens with one attached hydrogen (secondary N) is 2. The molecule has 0 spiro atoms. The zero-order valence-corrected chi connectivity index (χ0v) is 16.1. The number of halogens is 1. The van der Waals surface area contributed by atoms with Crippen LogP contribution < -0.4 is 4.72 Å². The molecule has 2 heterocycles. The van der Waals surface area contributed by atoms with Gasteiger partial charge in [-0.2, -0.15) is 0 Å². The SMILES string of the molecule is [C-]#[N+]c1cnc2[nH]cc(C(=O)c3cccc(NS(=O)(=O)c4ccccc4)c3F)c2c1. The van der Waals surface area contributed by atoms with Gasteiger partial charge in [-0.25, -0.2) is 17.7 Å². The van der Waals surface area contributed by atoms with Crippen LogP contribution in [0.25, 0.3) is 15.9 Å². The van der Waals surface area contributed by atoms with Crippen LogP contribution in [0, 0.1) is 12.4 Å². The lowest BCUT2D eigenvalue weighted by Gasteiger charge is -2.11. The van der Waals surface area contributed by atoms with E-state index in [1.165, 1.54) is 48.8 Å². The molecular weight excluding hydrogens is 407 g/mol. The molecule has 2 N–H and O–H groups in total. The molecule has 0 unspecified atom stereocenters. The number of hydrogen-bond donors (Lipinski definition) is 2. The molecule has 0 aliphatic heterocycles. The summed E-state index contributed by atoms with van der Waals surface area (Å²) < 4.78 is 42.3. The fraction of sp³-hybridized carbons (Fsp3) is 0. The summed E-state index contributed by atoms with van der Waals surface area (Å²) in [7, 11) is -4.03. The summed E-state index contributed by atoms with van der Waals surface area (Å²) in [5.74, 6) is -1.66. The molecule has 4 aromatic rings. The van der Waals surface area contributed by atoms with Crippen LogP contribution in [0.4, 0.5) is 15.8 Å². The monoisotopic (exact) mass is 420 g/mol. The van der Waals surface area contributed by atoms with E-state index in [1.54, 1.807) is 18.2 Å². The lowest BCUT2D eigenvalue weighted by molar-refractivity contribution is 0.103. The smallest absolute Gasteiger partial charge is 0.261 e. The first kappa shape index (κ1) is 19.3. The molecule has 0 amide bonds. The van der Waals surface area contributed by atoms with Gasteiger partial charge in [0.15, 0.2) is 11.6 Å². The molecule has 0 aliphatic rings. The predicted octanol–water partition coefficient (Wildman–Crippen LogP) is 4.28. The molecule has 0 aliphatic carbocycles. The highest BCUT2D eigenvalue weighted by Crippen LogP contribution is 2.27. The van der Waals surface area contributed by atoms with Gasteiger partial charge >= 0.3 is 0 Å². The van der Waals surface area contributed by atoms with Crippen molar-refractivity contribution in [3.8, 4) is 0 Å². The number of benzene rings is 2. The Morgan fingerprint density at radius 1 is 1.10 bits per heavy atom. The van der Waals surface area contributed by atoms with Crippen LogP contribution >= 0.6 is 0 Å². The predicted molar refractivity (Wildman–Crippen MR) is 109 cm³/mol. The molecule has 0 saturated carbocycles. The van der Waals surface area contributed by atoms with Crippen LogP contribution in [0.5, 0.6) is 0 Å². The number of fused-ring (bicyclic) bond motifs is 1. The Morgan fingerprint density at radius 3 is 2.60 bits per heavy atom. The fourth-order valence-electron chi connectivity index (χ4n) is 2.98. The van der Waals surface area contributed by atoms with Crippen LogP contribution in [0.1, 0.15) is 15.9 Å². The van der Waals surface area contributed by atoms with Gasteiger partial charge in [0.25, 0.3) is 10.0 Å². The molecule has 148 valence electrons. The molecule has 0 radical (unpaired) electrons. The van der Waals surface area contributed by atoms with E-state index in [0.717, 1.165) is 0 Å². The van der Waals surface area contributed by atoms with Crippen LogP contribution in [-0.4, -0.2) is 24.2 Å². The van der Waals surface area contributed by atoms with Crippen LogP contribution in [0.2, 0.25) is 0 Å². The molecule has 2 aromatic heterocycles. The molecule has 0 fully saturated rings. The first-order valence-electron chi connectivity index (χ1n) is 8.66. The molecule has 0 bridgehead atoms. The van der Waals surface area contributed by atoms with Gasteiger partial charge in [-0.15, -0.1) is 0 Å². The lowest BCUT2D eigenvalue weighted by Crippen LogP contribution is -2.15. The van der Waals surface area contributed by atoms with Gasteiger partial charge in [-0.1, -0.05) is 24.3 Å². The zero-order valence-electron chi connectivity index (χ0n) is 15.3. The van der Waals surface area contributed by atoms with Gasteiger partial charge in [-0.05, 0) is 30.3 Å². The van der Waals surface area contributed by atoms with E-state index < -0.39 is 21.6 Å². The van der Waals surface area contributed by atoms with Crippen molar-refractivity contribution in [2.45, 2.75) is 4.90 Å². The summed E-state index contributed by atoms with van der Waals surface area (Å²) in [5, 5.41) is 0.378. The third-order valence-electron chi connectivity index (χ3n) is 4.43. The van der Waals surface area contributed by atoms with E-state index in [0.29, 0.717) is 11.0 Å². The Bertz CT molecular complexity index is 1420. The third kappa shape index (κ3) is 3.40. The zero-order chi connectivity index (χ0) is 21.3. The van der Waals surface area contributed by atoms with E-state index in [4.69, 9.17) is 6.57 Å². The minimum absolute atomic E-state index is 0.0319. The molecule has 2 aromatic carbocycles.